The summed E-state index contributed by atoms with van der Waals surface area (Å²) in [5.74, 6) is -1.72. The average molecular weight is 548 g/mol. The number of hydrogen-bond acceptors (Lipinski definition) is 6. The van der Waals surface area contributed by atoms with E-state index in [0.29, 0.717) is 48.1 Å². The van der Waals surface area contributed by atoms with Gasteiger partial charge < -0.3 is 30.2 Å². The number of anilines is 1. The van der Waals surface area contributed by atoms with Crippen LogP contribution in [0.1, 0.15) is 46.9 Å². The first-order valence-electron chi connectivity index (χ1n) is 13.2. The Bertz CT molecular complexity index is 1400. The molecule has 1 saturated heterocycles. The fourth-order valence-corrected chi connectivity index (χ4v) is 4.82. The van der Waals surface area contributed by atoms with Crippen molar-refractivity contribution in [2.24, 2.45) is 0 Å². The van der Waals surface area contributed by atoms with E-state index in [-0.39, 0.29) is 43.0 Å². The molecule has 0 radical (unpaired) electrons. The van der Waals surface area contributed by atoms with Crippen LogP contribution in [-0.4, -0.2) is 83.7 Å². The lowest BCUT2D eigenvalue weighted by Crippen LogP contribution is -2.57. The smallest absolute Gasteiger partial charge is 0.319 e. The van der Waals surface area contributed by atoms with E-state index < -0.39 is 17.7 Å². The van der Waals surface area contributed by atoms with Gasteiger partial charge in [0.25, 0.3) is 17.6 Å². The summed E-state index contributed by atoms with van der Waals surface area (Å²) in [4.78, 5) is 69.5. The number of methoxy groups -OCH3 is 1. The molecular weight excluding hydrogens is 514 g/mol. The maximum atomic E-state index is 13.4. The normalized spacial score (nSPS) is 15.0. The Kier molecular flexibility index (Phi) is 9.15. The Labute approximate surface area is 231 Å². The number of rotatable bonds is 9. The second-order valence-corrected chi connectivity index (χ2v) is 9.50. The molecule has 0 aliphatic carbocycles. The zero-order valence-electron chi connectivity index (χ0n) is 22.6. The summed E-state index contributed by atoms with van der Waals surface area (Å²) in [6, 6.07) is 13.3. The zero-order valence-corrected chi connectivity index (χ0v) is 22.6. The van der Waals surface area contributed by atoms with E-state index in [0.717, 1.165) is 0 Å². The second-order valence-electron chi connectivity index (χ2n) is 9.50. The van der Waals surface area contributed by atoms with Crippen LogP contribution in [0.2, 0.25) is 0 Å². The highest BCUT2D eigenvalue weighted by Crippen LogP contribution is 2.27. The van der Waals surface area contributed by atoms with Crippen molar-refractivity contribution in [2.75, 3.05) is 38.6 Å². The van der Waals surface area contributed by atoms with E-state index in [4.69, 9.17) is 0 Å². The third-order valence-corrected chi connectivity index (χ3v) is 7.00. The van der Waals surface area contributed by atoms with Gasteiger partial charge in [0.2, 0.25) is 0 Å². The monoisotopic (exact) mass is 547 g/mol. The van der Waals surface area contributed by atoms with E-state index in [2.05, 4.69) is 20.4 Å². The molecule has 1 aliphatic rings. The number of H-pyrrole nitrogens is 1. The fraction of sp³-hybridized carbons (Fsp3) is 0.345. The molecule has 4 rings (SSSR count). The first kappa shape index (κ1) is 28.3. The van der Waals surface area contributed by atoms with Crippen LogP contribution >= 0.6 is 0 Å². The molecule has 1 unspecified atom stereocenters. The predicted octanol–water partition coefficient (Wildman–Crippen LogP) is 3.19. The number of carbonyl (C=O) groups is 5. The summed E-state index contributed by atoms with van der Waals surface area (Å²) in [5, 5.41) is 5.91. The number of ether oxygens (including phenoxy) is 1. The summed E-state index contributed by atoms with van der Waals surface area (Å²) in [5.41, 5.74) is 1.74. The molecule has 3 N–H and O–H groups in total. The van der Waals surface area contributed by atoms with Crippen LogP contribution in [0.4, 0.5) is 10.5 Å². The number of Topliss-reactive ketones (excluding diaryl/α,β-unsaturated/α-hetero) is 1. The Morgan fingerprint density at radius 2 is 1.80 bits per heavy atom. The molecule has 210 valence electrons. The number of piperazine rings is 1. The predicted molar refractivity (Wildman–Crippen MR) is 149 cm³/mol. The van der Waals surface area contributed by atoms with Gasteiger partial charge in [0.1, 0.15) is 0 Å². The van der Waals surface area contributed by atoms with Gasteiger partial charge in [-0.05, 0) is 31.0 Å². The highest BCUT2D eigenvalue weighted by Gasteiger charge is 2.35. The molecule has 2 heterocycles. The molecule has 1 atom stereocenters. The van der Waals surface area contributed by atoms with Crippen molar-refractivity contribution in [3.63, 3.8) is 0 Å². The minimum atomic E-state index is -0.656. The standard InChI is InChI=1S/C29H33N5O6/c1-3-20-18-33(27(37)19-9-5-4-6-10-19)15-16-34(20)28(38)26(36)22-17-31-25-21(22)11-7-12-23(25)32-29(39)30-14-8-13-24(35)40-2/h4-7,9-12,17,20,31H,3,8,13-16,18H2,1-2H3,(H2,30,32,39). The molecule has 1 aliphatic heterocycles. The highest BCUT2D eigenvalue weighted by atomic mass is 16.5. The maximum absolute atomic E-state index is 13.4. The first-order valence-corrected chi connectivity index (χ1v) is 13.2. The highest BCUT2D eigenvalue weighted by molar-refractivity contribution is 6.45. The molecule has 1 aromatic heterocycles. The number of aromatic amines is 1. The van der Waals surface area contributed by atoms with Gasteiger partial charge in [0.05, 0.1) is 23.9 Å². The van der Waals surface area contributed by atoms with Crippen LogP contribution in [0.25, 0.3) is 10.9 Å². The molecule has 4 amide bonds. The number of hydrogen-bond donors (Lipinski definition) is 3. The van der Waals surface area contributed by atoms with Crippen molar-refractivity contribution in [3.05, 3.63) is 65.9 Å². The van der Waals surface area contributed by atoms with E-state index in [1.54, 1.807) is 40.1 Å². The first-order chi connectivity index (χ1) is 19.3. The number of nitrogens with zero attached hydrogens (tertiary/aromatic N) is 2. The third-order valence-electron chi connectivity index (χ3n) is 7.00. The van der Waals surface area contributed by atoms with E-state index in [1.165, 1.54) is 13.3 Å². The summed E-state index contributed by atoms with van der Waals surface area (Å²) in [6.45, 7) is 3.14. The van der Waals surface area contributed by atoms with Crippen molar-refractivity contribution >= 4 is 46.2 Å². The van der Waals surface area contributed by atoms with E-state index >= 15 is 0 Å². The Hall–Kier alpha value is -4.67. The molecule has 1 fully saturated rings. The SMILES string of the molecule is CCC1CN(C(=O)c2ccccc2)CCN1C(=O)C(=O)c1c[nH]c2c(NC(=O)NCCCC(=O)OC)cccc12. The number of esters is 1. The number of fused-ring (bicyclic) bond motifs is 1. The third kappa shape index (κ3) is 6.31. The summed E-state index contributed by atoms with van der Waals surface area (Å²) >= 11 is 0. The van der Waals surface area contributed by atoms with Crippen LogP contribution < -0.4 is 10.6 Å². The van der Waals surface area contributed by atoms with E-state index in [1.807, 2.05) is 25.1 Å². The van der Waals surface area contributed by atoms with Crippen molar-refractivity contribution in [1.82, 2.24) is 20.1 Å². The number of aromatic nitrogens is 1. The van der Waals surface area contributed by atoms with Gasteiger partial charge in [-0.3, -0.25) is 19.2 Å². The molecule has 0 bridgehead atoms. The minimum absolute atomic E-state index is 0.0957. The lowest BCUT2D eigenvalue weighted by Gasteiger charge is -2.40. The molecule has 11 nitrogen and oxygen atoms in total. The molecule has 2 aromatic carbocycles. The molecule has 0 spiro atoms. The number of benzene rings is 2. The van der Waals surface area contributed by atoms with Crippen LogP contribution in [0.3, 0.4) is 0 Å². The quantitative estimate of drug-likeness (QED) is 0.163. The number of carbonyl (C=O) groups excluding carboxylic acids is 5. The van der Waals surface area contributed by atoms with Crippen molar-refractivity contribution in [2.45, 2.75) is 32.2 Å². The van der Waals surface area contributed by atoms with Gasteiger partial charge >= 0.3 is 12.0 Å². The van der Waals surface area contributed by atoms with Gasteiger partial charge in [-0.1, -0.05) is 37.3 Å². The van der Waals surface area contributed by atoms with Gasteiger partial charge in [-0.15, -0.1) is 0 Å². The number of nitrogens with one attached hydrogen (secondary N) is 3. The molecular formula is C29H33N5O6. The Balaban J connectivity index is 1.42. The molecule has 40 heavy (non-hydrogen) atoms. The molecule has 0 saturated carbocycles. The van der Waals surface area contributed by atoms with Gasteiger partial charge in [0, 0.05) is 55.8 Å². The topological polar surface area (TPSA) is 141 Å². The second kappa shape index (κ2) is 12.9. The van der Waals surface area contributed by atoms with Gasteiger partial charge in [0.15, 0.2) is 0 Å². The lowest BCUT2D eigenvalue weighted by atomic mass is 10.0. The van der Waals surface area contributed by atoms with Crippen molar-refractivity contribution in [1.29, 1.82) is 0 Å². The number of amides is 4. The summed E-state index contributed by atoms with van der Waals surface area (Å²) in [6.07, 6.45) is 2.69. The Morgan fingerprint density at radius 3 is 2.52 bits per heavy atom. The van der Waals surface area contributed by atoms with Crippen molar-refractivity contribution in [3.8, 4) is 0 Å². The van der Waals surface area contributed by atoms with Crippen LogP contribution in [0, 0.1) is 0 Å². The number of ketones is 1. The molecule has 3 aromatic rings. The largest absolute Gasteiger partial charge is 0.469 e. The number of para-hydroxylation sites is 1. The van der Waals surface area contributed by atoms with Crippen molar-refractivity contribution < 1.29 is 28.7 Å². The number of urea groups is 1. The zero-order chi connectivity index (χ0) is 28.6. The Morgan fingerprint density at radius 1 is 1.02 bits per heavy atom. The lowest BCUT2D eigenvalue weighted by molar-refractivity contribution is -0.140. The minimum Gasteiger partial charge on any atom is -0.469 e. The summed E-state index contributed by atoms with van der Waals surface area (Å²) in [7, 11) is 1.31. The van der Waals surface area contributed by atoms with Gasteiger partial charge in [-0.25, -0.2) is 4.79 Å². The molecule has 11 heteroatoms. The van der Waals surface area contributed by atoms with E-state index in [9.17, 15) is 24.0 Å². The van der Waals surface area contributed by atoms with Crippen LogP contribution in [0.15, 0.2) is 54.7 Å². The summed E-state index contributed by atoms with van der Waals surface area (Å²) < 4.78 is 4.58. The van der Waals surface area contributed by atoms with Crippen LogP contribution in [-0.2, 0) is 14.3 Å². The van der Waals surface area contributed by atoms with Crippen LogP contribution in [0.5, 0.6) is 0 Å². The maximum Gasteiger partial charge on any atom is 0.319 e. The fourth-order valence-electron chi connectivity index (χ4n) is 4.82. The average Bonchev–Trinajstić information content (AvgIpc) is 3.43. The van der Waals surface area contributed by atoms with Gasteiger partial charge in [-0.2, -0.15) is 0 Å².